The fourth-order valence-electron chi connectivity index (χ4n) is 12.7. The van der Waals surface area contributed by atoms with Gasteiger partial charge in [-0.15, -0.1) is 25.7 Å². The standard InChI is InChI=1S/4C19H18FN2O10P/c4*1-3-10-7-22(18(26)21-16(10)25)17-13(23)15(24)19(20,31-17)9-30-33(27)29-8-11-5-4-6-12(28-2)14(11)32-33/h4*1,4-7,13,15,17,23-24H,8-9H2,2H3,(H,21,25,26)/t4*13-,15+,17-,19-,33?/m1111/s1/i9D2,17D;17D;9D2;. The van der Waals surface area contributed by atoms with E-state index in [1.807, 2.05) is 33.6 Å². The van der Waals surface area contributed by atoms with Crippen molar-refractivity contribution in [3.8, 4) is 95.4 Å². The molecule has 0 saturated carbocycles. The second kappa shape index (κ2) is 38.3. The molecule has 0 spiro atoms. The van der Waals surface area contributed by atoms with Crippen molar-refractivity contribution in [2.45, 2.75) is 124 Å². The number of hydrogen-bond donors (Lipinski definition) is 12. The topological polar surface area (TPSA) is 634 Å². The smallest absolute Gasteiger partial charge is 0.493 e. The molecule has 4 aromatic carbocycles. The summed E-state index contributed by atoms with van der Waals surface area (Å²) in [4.78, 5) is 103. The van der Waals surface area contributed by atoms with Gasteiger partial charge < -0.3 is 96.8 Å². The Balaban J connectivity index is 0.000000155. The van der Waals surface area contributed by atoms with E-state index >= 15 is 17.6 Å². The van der Waals surface area contributed by atoms with Gasteiger partial charge in [0.05, 0.1) is 63.1 Å². The minimum atomic E-state index is -4.96. The van der Waals surface area contributed by atoms with Crippen molar-refractivity contribution in [1.29, 1.82) is 0 Å². The van der Waals surface area contributed by atoms with Gasteiger partial charge in [-0.2, -0.15) is 0 Å². The summed E-state index contributed by atoms with van der Waals surface area (Å²) in [7, 11) is -13.4. The van der Waals surface area contributed by atoms with Crippen LogP contribution in [0.1, 0.15) is 77.6 Å². The number of nitrogens with one attached hydrogen (secondary N) is 4. The van der Waals surface area contributed by atoms with Crippen LogP contribution in [0.2, 0.25) is 0 Å². The molecule has 8 aromatic rings. The molecular weight excluding hydrogens is 1860 g/mol. The molecule has 704 valence electrons. The number of phosphoric ester groups is 4. The van der Waals surface area contributed by atoms with Crippen LogP contribution in [-0.2, 0) is 99.8 Å². The number of methoxy groups -OCH3 is 4. The van der Waals surface area contributed by atoms with Crippen LogP contribution >= 0.6 is 31.3 Å². The molecule has 8 aliphatic heterocycles. The number of fused-ring (bicyclic) bond motifs is 4. The lowest BCUT2D eigenvalue weighted by molar-refractivity contribution is -0.205. The van der Waals surface area contributed by atoms with E-state index in [-0.39, 0.29) is 75.9 Å². The number of hydrogen-bond acceptors (Lipinski definition) is 40. The second-order valence-corrected chi connectivity index (χ2v) is 33.9. The van der Waals surface area contributed by atoms with Gasteiger partial charge in [-0.05, 0) is 24.3 Å². The van der Waals surface area contributed by atoms with Crippen LogP contribution < -0.4 is 82.0 Å². The number of aromatic amines is 4. The van der Waals surface area contributed by atoms with Gasteiger partial charge in [0.15, 0.2) is 70.9 Å². The number of para-hydroxylation sites is 4. The maximum absolute atomic E-state index is 15.9. The van der Waals surface area contributed by atoms with E-state index in [9.17, 15) is 97.5 Å². The summed E-state index contributed by atoms with van der Waals surface area (Å²) in [6.45, 7) is -11.5. The lowest BCUT2D eigenvalue weighted by Crippen LogP contribution is -2.43. The van der Waals surface area contributed by atoms with Crippen molar-refractivity contribution in [1.82, 2.24) is 38.2 Å². The summed E-state index contributed by atoms with van der Waals surface area (Å²) in [6, 6.07) is 18.7. The van der Waals surface area contributed by atoms with E-state index in [1.165, 1.54) is 52.7 Å². The number of aromatic nitrogens is 8. The SMILES string of the molecule is C#Cc1cn([C@@H]2O[C@](F)(COP3(=O)OCc4cccc(OC)c4O3)[C@@H](O)[C@H]2O)c(=O)[nH]c1=O.[2H]C([2H])(OP1(=O)OCc2cccc(OC)c2O1)[C@@]1(F)O[C@@H](n2cc(C#C)c(=O)[nH]c2=O)[C@H](O)[C@@H]1O.[2H]C([2H])(OP1(=O)OCc2cccc(OC)c2O1)[C@@]1(F)O[C@@]([2H])(n2cc(C#C)c(=O)[nH]c2=O)[C@H](O)[C@@H]1O.[2H][C@@]1(n2cc(C#C)c(=O)[nH]c2=O)O[C@](F)(COP2(=O)OCc3cccc(OC)c3O2)[C@@H](O)[C@H]1O. The van der Waals surface area contributed by atoms with Gasteiger partial charge in [-0.25, -0.2) is 55.0 Å². The molecule has 48 nitrogen and oxygen atoms in total. The van der Waals surface area contributed by atoms with Crippen LogP contribution in [0.3, 0.4) is 0 Å². The molecule has 0 bridgehead atoms. The highest BCUT2D eigenvalue weighted by Gasteiger charge is 2.62. The normalized spacial score (nSPS) is 32.8. The van der Waals surface area contributed by atoms with E-state index in [4.69, 9.17) is 126 Å². The van der Waals surface area contributed by atoms with E-state index in [2.05, 4.69) is 0 Å². The minimum absolute atomic E-state index is 0.0388. The first-order valence-electron chi connectivity index (χ1n) is 40.0. The Morgan fingerprint density at radius 3 is 0.939 bits per heavy atom. The van der Waals surface area contributed by atoms with Crippen molar-refractivity contribution < 1.29 is 177 Å². The van der Waals surface area contributed by atoms with Crippen molar-refractivity contribution >= 4 is 31.3 Å². The van der Waals surface area contributed by atoms with E-state index < -0.39 is 223 Å². The predicted molar refractivity (Wildman–Crippen MR) is 429 cm³/mol. The number of H-pyrrole nitrogens is 4. The van der Waals surface area contributed by atoms with Crippen molar-refractivity contribution in [2.75, 3.05) is 54.8 Å². The monoisotopic (exact) mass is 1940 g/mol. The fraction of sp³-hybridized carbons (Fsp3) is 0.368. The summed E-state index contributed by atoms with van der Waals surface area (Å²) in [5.41, 5.74) is -8.71. The molecule has 12 N–H and O–H groups in total. The van der Waals surface area contributed by atoms with Gasteiger partial charge in [-0.1, -0.05) is 72.2 Å². The first-order valence-corrected chi connectivity index (χ1v) is 42.9. The maximum Gasteiger partial charge on any atom is 0.530 e. The van der Waals surface area contributed by atoms with Crippen molar-refractivity contribution in [3.05, 3.63) is 225 Å². The lowest BCUT2D eigenvalue weighted by Gasteiger charge is -2.28. The van der Waals surface area contributed by atoms with Crippen LogP contribution in [0.4, 0.5) is 17.6 Å². The van der Waals surface area contributed by atoms with Crippen LogP contribution in [0.15, 0.2) is 136 Å². The van der Waals surface area contributed by atoms with Crippen LogP contribution in [0.5, 0.6) is 46.0 Å². The summed E-state index contributed by atoms with van der Waals surface area (Å²) >= 11 is 0. The third kappa shape index (κ3) is 19.5. The van der Waals surface area contributed by atoms with Crippen molar-refractivity contribution in [2.24, 2.45) is 0 Å². The van der Waals surface area contributed by atoms with Crippen molar-refractivity contribution in [3.63, 3.8) is 0 Å². The molecule has 8 aliphatic rings. The predicted octanol–water partition coefficient (Wildman–Crippen LogP) is 0.707. The zero-order chi connectivity index (χ0) is 101. The highest BCUT2D eigenvalue weighted by atomic mass is 31.2. The van der Waals surface area contributed by atoms with Crippen LogP contribution in [-0.4, -0.2) is 206 Å². The number of ether oxygens (including phenoxy) is 8. The second-order valence-electron chi connectivity index (χ2n) is 27.7. The molecule has 4 unspecified atom stereocenters. The third-order valence-electron chi connectivity index (χ3n) is 19.5. The molecular formula is C76H72F4N8O40P4. The molecule has 4 aromatic heterocycles. The summed E-state index contributed by atoms with van der Waals surface area (Å²) in [5, 5.41) is 82.6. The summed E-state index contributed by atoms with van der Waals surface area (Å²) in [6.07, 6.45) is -6.10. The molecule has 16 rings (SSSR count). The number of benzene rings is 4. The zero-order valence-electron chi connectivity index (χ0n) is 73.3. The third-order valence-corrected chi connectivity index (χ3v) is 24.4. The molecule has 0 aliphatic carbocycles. The van der Waals surface area contributed by atoms with Gasteiger partial charge in [-0.3, -0.25) is 93.6 Å². The Labute approximate surface area is 743 Å². The van der Waals surface area contributed by atoms with E-state index in [0.717, 1.165) is 12.4 Å². The first kappa shape index (κ1) is 89.3. The number of terminal acetylenes is 4. The quantitative estimate of drug-likeness (QED) is 0.0284. The highest BCUT2D eigenvalue weighted by molar-refractivity contribution is 7.49. The molecule has 56 heteroatoms. The number of nitrogens with zero attached hydrogens (tertiary/aromatic N) is 4. The Morgan fingerprint density at radius 1 is 0.394 bits per heavy atom. The van der Waals surface area contributed by atoms with Gasteiger partial charge in [0, 0.05) is 47.0 Å². The largest absolute Gasteiger partial charge is 0.530 e. The molecule has 0 amide bonds. The number of rotatable bonds is 20. The molecule has 20 atom stereocenters. The lowest BCUT2D eigenvalue weighted by atomic mass is 10.1. The Bertz CT molecular complexity index is 7020. The molecule has 12 heterocycles. The Kier molecular flexibility index (Phi) is 25.9. The summed E-state index contributed by atoms with van der Waals surface area (Å²) in [5.74, 6) is -6.18. The Morgan fingerprint density at radius 2 is 0.636 bits per heavy atom. The molecule has 4 saturated heterocycles. The van der Waals surface area contributed by atoms with Gasteiger partial charge in [0.2, 0.25) is 0 Å². The number of halogens is 4. The summed E-state index contributed by atoms with van der Waals surface area (Å²) < 4.78 is 265. The van der Waals surface area contributed by atoms with Gasteiger partial charge in [0.1, 0.15) is 97.4 Å². The van der Waals surface area contributed by atoms with Gasteiger partial charge >= 0.3 is 54.0 Å². The van der Waals surface area contributed by atoms with E-state index in [0.29, 0.717) is 48.3 Å². The fourth-order valence-corrected chi connectivity index (χ4v) is 17.4. The molecule has 132 heavy (non-hydrogen) atoms. The first-order chi connectivity index (χ1) is 64.6. The maximum atomic E-state index is 15.9. The average molecular weight is 1940 g/mol. The highest BCUT2D eigenvalue weighted by Crippen LogP contribution is 2.62. The molecule has 0 radical (unpaired) electrons. The molecule has 4 fully saturated rings. The average Bonchev–Trinajstić information content (AvgIpc) is 1.56. The number of phosphoric acid groups is 4. The van der Waals surface area contributed by atoms with Crippen LogP contribution in [0, 0.1) is 49.4 Å². The minimum Gasteiger partial charge on any atom is -0.493 e. The van der Waals surface area contributed by atoms with Gasteiger partial charge in [0.25, 0.3) is 45.7 Å². The zero-order valence-corrected chi connectivity index (χ0v) is 70.9. The number of aliphatic hydroxyl groups is 8. The van der Waals surface area contributed by atoms with E-state index in [1.54, 1.807) is 58.5 Å². The Hall–Kier alpha value is -11.9. The van der Waals surface area contributed by atoms with Crippen LogP contribution in [0.25, 0.3) is 0 Å². The number of aliphatic hydroxyl groups excluding tert-OH is 8. The number of alkyl halides is 4.